The highest BCUT2D eigenvalue weighted by atomic mass is 35.5. The van der Waals surface area contributed by atoms with E-state index in [1.54, 1.807) is 0 Å². The summed E-state index contributed by atoms with van der Waals surface area (Å²) in [5, 5.41) is 0. The Kier molecular flexibility index (Phi) is 5.60. The number of carbonyl (C=O) groups is 1. The molecule has 0 N–H and O–H groups in total. The predicted molar refractivity (Wildman–Crippen MR) is 76.5 cm³/mol. The molecule has 1 aromatic rings. The van der Waals surface area contributed by atoms with Crippen molar-refractivity contribution in [1.82, 2.24) is 4.57 Å². The van der Waals surface area contributed by atoms with E-state index >= 15 is 0 Å². The molecule has 2 nitrogen and oxygen atoms in total. The molecule has 0 bridgehead atoms. The molecule has 1 heterocycles. The number of nitrogens with zero attached hydrogens (tertiary/aromatic N) is 1. The number of thioether (sulfide) groups is 1. The summed E-state index contributed by atoms with van der Waals surface area (Å²) in [7, 11) is 0. The molecule has 1 unspecified atom stereocenters. The Labute approximate surface area is 113 Å². The van der Waals surface area contributed by atoms with E-state index in [-0.39, 0.29) is 11.7 Å². The van der Waals surface area contributed by atoms with Crippen LogP contribution in [-0.2, 0) is 6.54 Å². The average molecular weight is 274 g/mol. The molecule has 1 aromatic heterocycles. The van der Waals surface area contributed by atoms with E-state index in [0.29, 0.717) is 5.92 Å². The molecule has 0 aromatic carbocycles. The highest BCUT2D eigenvalue weighted by Gasteiger charge is 2.15. The highest BCUT2D eigenvalue weighted by molar-refractivity contribution is 7.98. The Balaban J connectivity index is 2.93. The molecule has 0 aliphatic rings. The molecule has 17 heavy (non-hydrogen) atoms. The minimum atomic E-state index is 0.0172. The van der Waals surface area contributed by atoms with Crippen molar-refractivity contribution in [2.45, 2.75) is 27.3 Å². The highest BCUT2D eigenvalue weighted by Crippen LogP contribution is 2.19. The Morgan fingerprint density at radius 2 is 2.18 bits per heavy atom. The number of hydrogen-bond donors (Lipinski definition) is 0. The summed E-state index contributed by atoms with van der Waals surface area (Å²) in [6.07, 6.45) is 2.12. The summed E-state index contributed by atoms with van der Waals surface area (Å²) in [5.74, 6) is 1.82. The number of hydrogen-bond acceptors (Lipinski definition) is 2. The fraction of sp³-hybridized carbons (Fsp3) is 0.615. The molecule has 0 amide bonds. The Morgan fingerprint density at radius 1 is 1.53 bits per heavy atom. The zero-order valence-electron chi connectivity index (χ0n) is 10.9. The lowest BCUT2D eigenvalue weighted by Gasteiger charge is -2.15. The van der Waals surface area contributed by atoms with Crippen LogP contribution in [0, 0.1) is 19.8 Å². The molecule has 1 atom stereocenters. The van der Waals surface area contributed by atoms with Crippen LogP contribution in [0.3, 0.4) is 0 Å². The van der Waals surface area contributed by atoms with Gasteiger partial charge in [0.2, 0.25) is 0 Å². The minimum Gasteiger partial charge on any atom is -0.348 e. The second-order valence-corrected chi connectivity index (χ2v) is 5.69. The maximum absolute atomic E-state index is 11.7. The van der Waals surface area contributed by atoms with Crippen molar-refractivity contribution in [3.05, 3.63) is 23.0 Å². The minimum absolute atomic E-state index is 0.0172. The van der Waals surface area contributed by atoms with Crippen molar-refractivity contribution in [3.63, 3.8) is 0 Å². The third-order valence-electron chi connectivity index (χ3n) is 2.94. The number of rotatable bonds is 6. The standard InChI is InChI=1S/C13H20ClNOS/c1-9(8-17-4)7-15-10(2)5-12(11(15)3)13(16)6-14/h5,9H,6-8H2,1-4H3. The first-order valence-electron chi connectivity index (χ1n) is 5.76. The van der Waals surface area contributed by atoms with Crippen LogP contribution in [0.15, 0.2) is 6.07 Å². The van der Waals surface area contributed by atoms with Crippen molar-refractivity contribution >= 4 is 29.1 Å². The van der Waals surface area contributed by atoms with Gasteiger partial charge in [0.1, 0.15) is 0 Å². The first-order valence-corrected chi connectivity index (χ1v) is 7.68. The fourth-order valence-corrected chi connectivity index (χ4v) is 2.90. The van der Waals surface area contributed by atoms with E-state index in [1.165, 1.54) is 0 Å². The van der Waals surface area contributed by atoms with Gasteiger partial charge in [-0.1, -0.05) is 6.92 Å². The van der Waals surface area contributed by atoms with Crippen molar-refractivity contribution in [3.8, 4) is 0 Å². The number of Topliss-reactive ketones (excluding diaryl/α,β-unsaturated/α-hetero) is 1. The lowest BCUT2D eigenvalue weighted by molar-refractivity contribution is 0.102. The van der Waals surface area contributed by atoms with E-state index in [1.807, 2.05) is 31.7 Å². The van der Waals surface area contributed by atoms with Crippen LogP contribution in [-0.4, -0.2) is 28.2 Å². The van der Waals surface area contributed by atoms with Gasteiger partial charge < -0.3 is 4.57 Å². The second kappa shape index (κ2) is 6.50. The van der Waals surface area contributed by atoms with Crippen LogP contribution >= 0.6 is 23.4 Å². The zero-order valence-corrected chi connectivity index (χ0v) is 12.5. The zero-order chi connectivity index (χ0) is 13.0. The lowest BCUT2D eigenvalue weighted by Crippen LogP contribution is -2.13. The molecular weight excluding hydrogens is 254 g/mol. The van der Waals surface area contributed by atoms with Crippen molar-refractivity contribution in [2.75, 3.05) is 17.9 Å². The Morgan fingerprint density at radius 3 is 2.71 bits per heavy atom. The molecule has 0 spiro atoms. The third kappa shape index (κ3) is 3.52. The SMILES string of the molecule is CSCC(C)Cn1c(C)cc(C(=O)CCl)c1C. The Bertz CT molecular complexity index is 400. The number of aromatic nitrogens is 1. The van der Waals surface area contributed by atoms with Gasteiger partial charge >= 0.3 is 0 Å². The molecule has 0 fully saturated rings. The molecule has 0 saturated carbocycles. The monoisotopic (exact) mass is 273 g/mol. The maximum Gasteiger partial charge on any atom is 0.179 e. The number of aryl methyl sites for hydroxylation is 1. The predicted octanol–water partition coefficient (Wildman–Crippen LogP) is 3.53. The van der Waals surface area contributed by atoms with Gasteiger partial charge in [-0.25, -0.2) is 0 Å². The van der Waals surface area contributed by atoms with Crippen LogP contribution in [0.25, 0.3) is 0 Å². The summed E-state index contributed by atoms with van der Waals surface area (Å²) in [5.41, 5.74) is 2.96. The fourth-order valence-electron chi connectivity index (χ4n) is 2.09. The van der Waals surface area contributed by atoms with Crippen molar-refractivity contribution < 1.29 is 4.79 Å². The topological polar surface area (TPSA) is 22.0 Å². The normalized spacial score (nSPS) is 12.8. The molecule has 4 heteroatoms. The molecule has 0 aliphatic carbocycles. The van der Waals surface area contributed by atoms with Gasteiger partial charge in [0.05, 0.1) is 5.88 Å². The van der Waals surface area contributed by atoms with Gasteiger partial charge in [-0.05, 0) is 37.8 Å². The number of halogens is 1. The van der Waals surface area contributed by atoms with E-state index in [9.17, 15) is 4.79 Å². The van der Waals surface area contributed by atoms with Gasteiger partial charge in [0.25, 0.3) is 0 Å². The van der Waals surface area contributed by atoms with Crippen LogP contribution in [0.2, 0.25) is 0 Å². The van der Waals surface area contributed by atoms with Crippen LogP contribution < -0.4 is 0 Å². The summed E-state index contributed by atoms with van der Waals surface area (Å²) in [6, 6.07) is 1.95. The van der Waals surface area contributed by atoms with Gasteiger partial charge in [0.15, 0.2) is 5.78 Å². The van der Waals surface area contributed by atoms with E-state index in [4.69, 9.17) is 11.6 Å². The first kappa shape index (κ1) is 14.7. The number of carbonyl (C=O) groups excluding carboxylic acids is 1. The second-order valence-electron chi connectivity index (χ2n) is 4.51. The van der Waals surface area contributed by atoms with E-state index in [2.05, 4.69) is 17.7 Å². The smallest absolute Gasteiger partial charge is 0.179 e. The van der Waals surface area contributed by atoms with Crippen LogP contribution in [0.1, 0.15) is 28.7 Å². The molecule has 0 aliphatic heterocycles. The molecule has 96 valence electrons. The summed E-state index contributed by atoms with van der Waals surface area (Å²) < 4.78 is 2.22. The molecule has 0 saturated heterocycles. The summed E-state index contributed by atoms with van der Waals surface area (Å²) in [6.45, 7) is 7.24. The quantitative estimate of drug-likeness (QED) is 0.584. The largest absolute Gasteiger partial charge is 0.348 e. The van der Waals surface area contributed by atoms with Crippen LogP contribution in [0.5, 0.6) is 0 Å². The number of ketones is 1. The van der Waals surface area contributed by atoms with E-state index in [0.717, 1.165) is 29.2 Å². The Hall–Kier alpha value is -0.410. The number of alkyl halides is 1. The van der Waals surface area contributed by atoms with Gasteiger partial charge in [-0.15, -0.1) is 11.6 Å². The van der Waals surface area contributed by atoms with Gasteiger partial charge in [-0.2, -0.15) is 11.8 Å². The summed E-state index contributed by atoms with van der Waals surface area (Å²) >= 11 is 7.47. The van der Waals surface area contributed by atoms with Crippen molar-refractivity contribution in [1.29, 1.82) is 0 Å². The maximum atomic E-state index is 11.7. The molecule has 0 radical (unpaired) electrons. The first-order chi connectivity index (χ1) is 8.01. The third-order valence-corrected chi connectivity index (χ3v) is 4.09. The molecular formula is C13H20ClNOS. The lowest BCUT2D eigenvalue weighted by atomic mass is 10.2. The molecule has 1 rings (SSSR count). The average Bonchev–Trinajstić information content (AvgIpc) is 2.56. The van der Waals surface area contributed by atoms with Crippen molar-refractivity contribution in [2.24, 2.45) is 5.92 Å². The van der Waals surface area contributed by atoms with Gasteiger partial charge in [-0.3, -0.25) is 4.79 Å². The van der Waals surface area contributed by atoms with E-state index < -0.39 is 0 Å². The van der Waals surface area contributed by atoms with Crippen LogP contribution in [0.4, 0.5) is 0 Å². The summed E-state index contributed by atoms with van der Waals surface area (Å²) in [4.78, 5) is 11.7. The van der Waals surface area contributed by atoms with Gasteiger partial charge in [0, 0.05) is 23.5 Å².